The number of aromatic nitrogens is 1. The number of pyridine rings is 1. The van der Waals surface area contributed by atoms with Gasteiger partial charge in [0.2, 0.25) is 0 Å². The summed E-state index contributed by atoms with van der Waals surface area (Å²) in [5.41, 5.74) is 0. The maximum absolute atomic E-state index is 5.89. The highest BCUT2D eigenvalue weighted by Gasteiger charge is 2.10. The molecule has 0 saturated heterocycles. The van der Waals surface area contributed by atoms with Gasteiger partial charge in [0.15, 0.2) is 0 Å². The van der Waals surface area contributed by atoms with E-state index in [1.165, 1.54) is 0 Å². The van der Waals surface area contributed by atoms with Gasteiger partial charge in [-0.15, -0.1) is 0 Å². The maximum atomic E-state index is 5.89. The van der Waals surface area contributed by atoms with Crippen LogP contribution in [0.1, 0.15) is 20.8 Å². The van der Waals surface area contributed by atoms with Gasteiger partial charge in [0.05, 0.1) is 9.50 Å². The molecule has 5 heteroatoms. The molecule has 1 aromatic rings. The lowest BCUT2D eigenvalue weighted by Crippen LogP contribution is -2.35. The van der Waals surface area contributed by atoms with Gasteiger partial charge in [-0.05, 0) is 28.9 Å². The van der Waals surface area contributed by atoms with Crippen molar-refractivity contribution in [3.05, 3.63) is 21.8 Å². The highest BCUT2D eigenvalue weighted by molar-refractivity contribution is 9.10. The molecule has 96 valence electrons. The summed E-state index contributed by atoms with van der Waals surface area (Å²) >= 11 is 9.39. The van der Waals surface area contributed by atoms with E-state index < -0.39 is 0 Å². The highest BCUT2D eigenvalue weighted by atomic mass is 79.9. The molecule has 1 N–H and O–H groups in total. The molecule has 0 amide bonds. The zero-order valence-electron chi connectivity index (χ0n) is 10.5. The lowest BCUT2D eigenvalue weighted by Gasteiger charge is -2.23. The lowest BCUT2D eigenvalue weighted by atomic mass is 10.3. The molecule has 0 aliphatic carbocycles. The second kappa shape index (κ2) is 7.19. The summed E-state index contributed by atoms with van der Waals surface area (Å²) in [6.45, 7) is 9.22. The van der Waals surface area contributed by atoms with Gasteiger partial charge in [0.25, 0.3) is 0 Å². The van der Waals surface area contributed by atoms with Crippen LogP contribution in [0.5, 0.6) is 0 Å². The maximum Gasteiger partial charge on any atom is 0.143 e. The smallest absolute Gasteiger partial charge is 0.143 e. The minimum Gasteiger partial charge on any atom is -0.355 e. The standard InChI is InChI=1S/C12H19BrClN3/c1-4-17(6-5-15-9(2)3)12-11(13)7-10(14)8-16-12/h7-9,15H,4-6H2,1-3H3. The predicted molar refractivity (Wildman–Crippen MR) is 78.0 cm³/mol. The second-order valence-electron chi connectivity index (χ2n) is 4.15. The second-order valence-corrected chi connectivity index (χ2v) is 5.44. The third-order valence-corrected chi connectivity index (χ3v) is 3.19. The molecule has 3 nitrogen and oxygen atoms in total. The molecule has 17 heavy (non-hydrogen) atoms. The van der Waals surface area contributed by atoms with E-state index in [9.17, 15) is 0 Å². The first-order chi connectivity index (χ1) is 8.04. The average molecular weight is 321 g/mol. The first kappa shape index (κ1) is 14.7. The SMILES string of the molecule is CCN(CCNC(C)C)c1ncc(Cl)cc1Br. The molecule has 0 bridgehead atoms. The zero-order chi connectivity index (χ0) is 12.8. The zero-order valence-corrected chi connectivity index (χ0v) is 12.8. The Morgan fingerprint density at radius 2 is 2.24 bits per heavy atom. The Hall–Kier alpha value is -0.320. The van der Waals surface area contributed by atoms with E-state index in [2.05, 4.69) is 51.9 Å². The van der Waals surface area contributed by atoms with Crippen LogP contribution in [0.3, 0.4) is 0 Å². The summed E-state index contributed by atoms with van der Waals surface area (Å²) in [5, 5.41) is 4.05. The van der Waals surface area contributed by atoms with Gasteiger partial charge in [-0.1, -0.05) is 25.4 Å². The third kappa shape index (κ3) is 4.82. The minimum atomic E-state index is 0.510. The van der Waals surface area contributed by atoms with Crippen molar-refractivity contribution in [3.63, 3.8) is 0 Å². The topological polar surface area (TPSA) is 28.2 Å². The number of hydrogen-bond donors (Lipinski definition) is 1. The van der Waals surface area contributed by atoms with Crippen molar-refractivity contribution in [2.24, 2.45) is 0 Å². The van der Waals surface area contributed by atoms with Gasteiger partial charge in [-0.3, -0.25) is 0 Å². The minimum absolute atomic E-state index is 0.510. The predicted octanol–water partition coefficient (Wildman–Crippen LogP) is 3.32. The Morgan fingerprint density at radius 1 is 1.53 bits per heavy atom. The van der Waals surface area contributed by atoms with Crippen LogP contribution in [-0.2, 0) is 0 Å². The van der Waals surface area contributed by atoms with Crippen molar-refractivity contribution in [1.29, 1.82) is 0 Å². The summed E-state index contributed by atoms with van der Waals surface area (Å²) in [5.74, 6) is 0.947. The van der Waals surface area contributed by atoms with Crippen molar-refractivity contribution >= 4 is 33.3 Å². The van der Waals surface area contributed by atoms with Crippen LogP contribution in [0.15, 0.2) is 16.7 Å². The Kier molecular flexibility index (Phi) is 6.23. The molecule has 0 spiro atoms. The fourth-order valence-corrected chi connectivity index (χ4v) is 2.43. The quantitative estimate of drug-likeness (QED) is 0.871. The lowest BCUT2D eigenvalue weighted by molar-refractivity contribution is 0.582. The van der Waals surface area contributed by atoms with Crippen molar-refractivity contribution in [2.45, 2.75) is 26.8 Å². The highest BCUT2D eigenvalue weighted by Crippen LogP contribution is 2.26. The fraction of sp³-hybridized carbons (Fsp3) is 0.583. The molecule has 1 rings (SSSR count). The largest absolute Gasteiger partial charge is 0.355 e. The molecule has 0 aliphatic heterocycles. The summed E-state index contributed by atoms with van der Waals surface area (Å²) in [7, 11) is 0. The molecular formula is C12H19BrClN3. The summed E-state index contributed by atoms with van der Waals surface area (Å²) < 4.78 is 0.941. The Balaban J connectivity index is 2.66. The van der Waals surface area contributed by atoms with Crippen LogP contribution in [0.4, 0.5) is 5.82 Å². The summed E-state index contributed by atoms with van der Waals surface area (Å²) in [4.78, 5) is 6.58. The number of rotatable bonds is 6. The van der Waals surface area contributed by atoms with E-state index in [1.54, 1.807) is 6.20 Å². The number of hydrogen-bond acceptors (Lipinski definition) is 3. The summed E-state index contributed by atoms with van der Waals surface area (Å²) in [6, 6.07) is 2.39. The average Bonchev–Trinajstić information content (AvgIpc) is 2.25. The Labute approximate surface area is 117 Å². The fourth-order valence-electron chi connectivity index (χ4n) is 1.54. The van der Waals surface area contributed by atoms with E-state index in [0.29, 0.717) is 11.1 Å². The first-order valence-corrected chi connectivity index (χ1v) is 7.01. The van der Waals surface area contributed by atoms with Crippen LogP contribution in [-0.4, -0.2) is 30.7 Å². The van der Waals surface area contributed by atoms with Crippen LogP contribution in [0, 0.1) is 0 Å². The number of halogens is 2. The van der Waals surface area contributed by atoms with Crippen molar-refractivity contribution in [3.8, 4) is 0 Å². The molecule has 0 atom stereocenters. The molecule has 0 radical (unpaired) electrons. The van der Waals surface area contributed by atoms with E-state index in [1.807, 2.05) is 6.07 Å². The van der Waals surface area contributed by atoms with E-state index in [0.717, 1.165) is 29.9 Å². The molecule has 0 fully saturated rings. The van der Waals surface area contributed by atoms with Gasteiger partial charge in [-0.25, -0.2) is 4.98 Å². The van der Waals surface area contributed by atoms with Gasteiger partial charge in [-0.2, -0.15) is 0 Å². The van der Waals surface area contributed by atoms with Crippen molar-refractivity contribution < 1.29 is 0 Å². The molecule has 0 aromatic carbocycles. The Bertz CT molecular complexity index is 358. The molecule has 0 saturated carbocycles. The van der Waals surface area contributed by atoms with E-state index in [-0.39, 0.29) is 0 Å². The third-order valence-electron chi connectivity index (χ3n) is 2.40. The van der Waals surface area contributed by atoms with Gasteiger partial charge in [0.1, 0.15) is 5.82 Å². The van der Waals surface area contributed by atoms with Crippen molar-refractivity contribution in [1.82, 2.24) is 10.3 Å². The number of anilines is 1. The van der Waals surface area contributed by atoms with Gasteiger partial charge < -0.3 is 10.2 Å². The van der Waals surface area contributed by atoms with Crippen LogP contribution in [0.2, 0.25) is 5.02 Å². The first-order valence-electron chi connectivity index (χ1n) is 5.84. The molecule has 1 aromatic heterocycles. The number of nitrogens with zero attached hydrogens (tertiary/aromatic N) is 2. The molecule has 1 heterocycles. The molecule has 0 unspecified atom stereocenters. The molecule has 0 aliphatic rings. The number of likely N-dealkylation sites (N-methyl/N-ethyl adjacent to an activating group) is 1. The Morgan fingerprint density at radius 3 is 2.76 bits per heavy atom. The van der Waals surface area contributed by atoms with Crippen molar-refractivity contribution in [2.75, 3.05) is 24.5 Å². The van der Waals surface area contributed by atoms with E-state index >= 15 is 0 Å². The van der Waals surface area contributed by atoms with Crippen LogP contribution in [0.25, 0.3) is 0 Å². The number of nitrogens with one attached hydrogen (secondary N) is 1. The molecular weight excluding hydrogens is 302 g/mol. The monoisotopic (exact) mass is 319 g/mol. The van der Waals surface area contributed by atoms with Crippen LogP contribution < -0.4 is 10.2 Å². The van der Waals surface area contributed by atoms with Gasteiger partial charge in [0, 0.05) is 31.9 Å². The van der Waals surface area contributed by atoms with E-state index in [4.69, 9.17) is 11.6 Å². The van der Waals surface area contributed by atoms with Gasteiger partial charge >= 0.3 is 0 Å². The van der Waals surface area contributed by atoms with Crippen LogP contribution >= 0.6 is 27.5 Å². The normalized spacial score (nSPS) is 10.9. The summed E-state index contributed by atoms with van der Waals surface area (Å²) in [6.07, 6.45) is 1.68.